The Morgan fingerprint density at radius 2 is 1.62 bits per heavy atom. The van der Waals surface area contributed by atoms with Gasteiger partial charge < -0.3 is 26.4 Å². The number of anilines is 1. The zero-order valence-electron chi connectivity index (χ0n) is 21.0. The van der Waals surface area contributed by atoms with Crippen molar-refractivity contribution in [2.75, 3.05) is 11.9 Å². The predicted octanol–water partition coefficient (Wildman–Crippen LogP) is 2.59. The molecule has 3 aromatic rings. The van der Waals surface area contributed by atoms with E-state index in [0.29, 0.717) is 12.1 Å². The number of amides is 3. The van der Waals surface area contributed by atoms with Crippen molar-refractivity contribution >= 4 is 23.4 Å². The van der Waals surface area contributed by atoms with E-state index in [1.54, 1.807) is 24.3 Å². The second kappa shape index (κ2) is 11.3. The molecule has 3 aromatic carbocycles. The van der Waals surface area contributed by atoms with E-state index >= 15 is 0 Å². The van der Waals surface area contributed by atoms with E-state index in [9.17, 15) is 19.5 Å². The Bertz CT molecular complexity index is 1290. The molecule has 1 heterocycles. The maximum Gasteiger partial charge on any atom is 0.243 e. The molecule has 0 saturated heterocycles. The lowest BCUT2D eigenvalue weighted by Gasteiger charge is -2.37. The number of hydrogen-bond acceptors (Lipinski definition) is 5. The fraction of sp³-hybridized carbons (Fsp3) is 0.276. The van der Waals surface area contributed by atoms with Gasteiger partial charge in [0.25, 0.3) is 0 Å². The van der Waals surface area contributed by atoms with Crippen molar-refractivity contribution in [2.45, 2.75) is 45.3 Å². The summed E-state index contributed by atoms with van der Waals surface area (Å²) in [5.41, 5.74) is 11.6. The third kappa shape index (κ3) is 6.16. The van der Waals surface area contributed by atoms with Crippen molar-refractivity contribution in [1.29, 1.82) is 0 Å². The summed E-state index contributed by atoms with van der Waals surface area (Å²) < 4.78 is 0. The molecule has 192 valence electrons. The van der Waals surface area contributed by atoms with Crippen molar-refractivity contribution in [3.05, 3.63) is 94.5 Å². The molecule has 1 aliphatic rings. The molecule has 8 nitrogen and oxygen atoms in total. The Labute approximate surface area is 216 Å². The summed E-state index contributed by atoms with van der Waals surface area (Å²) in [5, 5.41) is 15.3. The molecule has 0 radical (unpaired) electrons. The van der Waals surface area contributed by atoms with Gasteiger partial charge in [0, 0.05) is 18.7 Å². The first kappa shape index (κ1) is 25.9. The molecule has 1 aliphatic heterocycles. The van der Waals surface area contributed by atoms with Gasteiger partial charge in [-0.25, -0.2) is 0 Å². The van der Waals surface area contributed by atoms with Crippen LogP contribution in [0.2, 0.25) is 0 Å². The maximum atomic E-state index is 13.6. The van der Waals surface area contributed by atoms with Crippen LogP contribution in [0.25, 0.3) is 0 Å². The number of nitrogens with zero attached hydrogens (tertiary/aromatic N) is 1. The van der Waals surface area contributed by atoms with Crippen LogP contribution >= 0.6 is 0 Å². The molecule has 8 heteroatoms. The zero-order chi connectivity index (χ0) is 26.5. The van der Waals surface area contributed by atoms with Crippen LogP contribution in [-0.4, -0.2) is 46.4 Å². The number of hydrogen-bond donors (Lipinski definition) is 4. The predicted molar refractivity (Wildman–Crippen MR) is 142 cm³/mol. The van der Waals surface area contributed by atoms with E-state index in [0.717, 1.165) is 27.8 Å². The molecular formula is C29H32N4O4. The van der Waals surface area contributed by atoms with Crippen LogP contribution < -0.4 is 16.4 Å². The third-order valence-corrected chi connectivity index (χ3v) is 6.74. The molecule has 3 amide bonds. The molecule has 0 fully saturated rings. The second-order valence-electron chi connectivity index (χ2n) is 9.46. The number of benzene rings is 3. The highest BCUT2D eigenvalue weighted by Gasteiger charge is 2.36. The first-order chi connectivity index (χ1) is 17.7. The van der Waals surface area contributed by atoms with E-state index in [-0.39, 0.29) is 37.1 Å². The quantitative estimate of drug-likeness (QED) is 0.397. The van der Waals surface area contributed by atoms with Crippen LogP contribution in [0.1, 0.15) is 27.8 Å². The van der Waals surface area contributed by atoms with Crippen molar-refractivity contribution in [3.63, 3.8) is 0 Å². The number of aromatic hydroxyl groups is 1. The fourth-order valence-corrected chi connectivity index (χ4v) is 4.81. The van der Waals surface area contributed by atoms with E-state index in [4.69, 9.17) is 5.73 Å². The second-order valence-corrected chi connectivity index (χ2v) is 9.46. The Morgan fingerprint density at radius 3 is 2.30 bits per heavy atom. The van der Waals surface area contributed by atoms with E-state index < -0.39 is 18.0 Å². The summed E-state index contributed by atoms with van der Waals surface area (Å²) in [7, 11) is 0. The van der Waals surface area contributed by atoms with Crippen molar-refractivity contribution < 1.29 is 19.5 Å². The summed E-state index contributed by atoms with van der Waals surface area (Å²) in [4.78, 5) is 40.7. The largest absolute Gasteiger partial charge is 0.508 e. The maximum absolute atomic E-state index is 13.6. The van der Waals surface area contributed by atoms with E-state index in [1.807, 2.05) is 56.3 Å². The van der Waals surface area contributed by atoms with Crippen molar-refractivity contribution in [2.24, 2.45) is 5.73 Å². The first-order valence-corrected chi connectivity index (χ1v) is 12.3. The van der Waals surface area contributed by atoms with Crippen molar-refractivity contribution in [1.82, 2.24) is 10.2 Å². The Balaban J connectivity index is 1.49. The van der Waals surface area contributed by atoms with E-state index in [1.165, 1.54) is 4.90 Å². The fourth-order valence-electron chi connectivity index (χ4n) is 4.81. The minimum atomic E-state index is -0.871. The number of nitrogens with one attached hydrogen (secondary N) is 2. The zero-order valence-corrected chi connectivity index (χ0v) is 21.0. The lowest BCUT2D eigenvalue weighted by atomic mass is 9.91. The number of phenols is 1. The first-order valence-electron chi connectivity index (χ1n) is 12.3. The summed E-state index contributed by atoms with van der Waals surface area (Å²) in [6, 6.07) is 18.3. The Hall–Kier alpha value is -4.17. The van der Waals surface area contributed by atoms with Crippen LogP contribution in [0.3, 0.4) is 0 Å². The molecule has 37 heavy (non-hydrogen) atoms. The lowest BCUT2D eigenvalue weighted by Crippen LogP contribution is -2.57. The van der Waals surface area contributed by atoms with Crippen LogP contribution in [-0.2, 0) is 33.8 Å². The normalized spacial score (nSPS) is 15.4. The summed E-state index contributed by atoms with van der Waals surface area (Å²) in [6.45, 7) is 3.77. The molecule has 0 spiro atoms. The highest BCUT2D eigenvalue weighted by molar-refractivity contribution is 5.96. The van der Waals surface area contributed by atoms with Gasteiger partial charge in [-0.05, 0) is 72.4 Å². The number of fused-ring (bicyclic) bond motifs is 1. The van der Waals surface area contributed by atoms with Gasteiger partial charge in [-0.15, -0.1) is 0 Å². The standard InChI is InChI=1S/C29H32N4O4/c1-18-12-23(34)13-19(2)24(18)15-25(30)29(37)33-17-21-9-7-6-8-20(21)14-26(33)28(36)31-16-27(35)32-22-10-4-3-5-11-22/h3-13,25-26,34H,14-17,30H2,1-2H3,(H,31,36)(H,32,35)/t25-,26-/m0/s1. The van der Waals surface area contributed by atoms with Crippen LogP contribution in [0.4, 0.5) is 5.69 Å². The average Bonchev–Trinajstić information content (AvgIpc) is 2.88. The number of aryl methyl sites for hydroxylation is 2. The molecule has 0 aromatic heterocycles. The molecular weight excluding hydrogens is 468 g/mol. The molecule has 5 N–H and O–H groups in total. The van der Waals surface area contributed by atoms with Gasteiger partial charge >= 0.3 is 0 Å². The van der Waals surface area contributed by atoms with Crippen LogP contribution in [0.5, 0.6) is 5.75 Å². The summed E-state index contributed by atoms with van der Waals surface area (Å²) in [5.74, 6) is -0.937. The topological polar surface area (TPSA) is 125 Å². The minimum Gasteiger partial charge on any atom is -0.508 e. The smallest absolute Gasteiger partial charge is 0.243 e. The SMILES string of the molecule is Cc1cc(O)cc(C)c1C[C@H](N)C(=O)N1Cc2ccccc2C[C@H]1C(=O)NCC(=O)Nc1ccccc1. The van der Waals surface area contributed by atoms with Gasteiger partial charge in [0.15, 0.2) is 0 Å². The number of nitrogens with two attached hydrogens (primary N) is 1. The number of phenolic OH excluding ortho intramolecular Hbond substituents is 1. The van der Waals surface area contributed by atoms with Gasteiger partial charge in [-0.3, -0.25) is 14.4 Å². The average molecular weight is 501 g/mol. The number of rotatable bonds is 7. The monoisotopic (exact) mass is 500 g/mol. The number of carbonyl (C=O) groups is 3. The molecule has 0 saturated carbocycles. The third-order valence-electron chi connectivity index (χ3n) is 6.74. The number of para-hydroxylation sites is 1. The van der Waals surface area contributed by atoms with Gasteiger partial charge in [0.2, 0.25) is 17.7 Å². The molecule has 0 bridgehead atoms. The highest BCUT2D eigenvalue weighted by atomic mass is 16.3. The highest BCUT2D eigenvalue weighted by Crippen LogP contribution is 2.26. The molecule has 0 unspecified atom stereocenters. The van der Waals surface area contributed by atoms with Gasteiger partial charge in [-0.2, -0.15) is 0 Å². The minimum absolute atomic E-state index is 0.166. The number of carbonyl (C=O) groups excluding carboxylic acids is 3. The van der Waals surface area contributed by atoms with Gasteiger partial charge in [0.05, 0.1) is 12.6 Å². The molecule has 4 rings (SSSR count). The van der Waals surface area contributed by atoms with Crippen LogP contribution in [0.15, 0.2) is 66.7 Å². The Kier molecular flexibility index (Phi) is 7.89. The van der Waals surface area contributed by atoms with Gasteiger partial charge in [0.1, 0.15) is 11.8 Å². The van der Waals surface area contributed by atoms with E-state index in [2.05, 4.69) is 10.6 Å². The Morgan fingerprint density at radius 1 is 1.00 bits per heavy atom. The summed E-state index contributed by atoms with van der Waals surface area (Å²) >= 11 is 0. The van der Waals surface area contributed by atoms with Crippen LogP contribution in [0, 0.1) is 13.8 Å². The lowest BCUT2D eigenvalue weighted by molar-refractivity contribution is -0.143. The van der Waals surface area contributed by atoms with Gasteiger partial charge in [-0.1, -0.05) is 42.5 Å². The summed E-state index contributed by atoms with van der Waals surface area (Å²) in [6.07, 6.45) is 0.612. The van der Waals surface area contributed by atoms with Crippen molar-refractivity contribution in [3.8, 4) is 5.75 Å². The molecule has 2 atom stereocenters. The molecule has 0 aliphatic carbocycles.